The predicted molar refractivity (Wildman–Crippen MR) is 134 cm³/mol. The molecule has 0 unspecified atom stereocenters. The number of hydrogen-bond acceptors (Lipinski definition) is 7. The standard InChI is InChI=1S/C23H21Cl2N5O2S/c1-29-5-7-30(8-6-29)21(31)4-3-15-9-19-23(33-15)22(14(12-26)13-27-19)28-18-11-20(32-2)17(25)10-16(18)24/h3-4,9-11,13H,5-8H2,1-2H3,(H,27,28). The first-order chi connectivity index (χ1) is 15.9. The summed E-state index contributed by atoms with van der Waals surface area (Å²) in [5.74, 6) is 0.453. The van der Waals surface area contributed by atoms with Gasteiger partial charge in [0.25, 0.3) is 0 Å². The summed E-state index contributed by atoms with van der Waals surface area (Å²) < 4.78 is 6.07. The van der Waals surface area contributed by atoms with E-state index < -0.39 is 0 Å². The van der Waals surface area contributed by atoms with Gasteiger partial charge < -0.3 is 19.9 Å². The van der Waals surface area contributed by atoms with Gasteiger partial charge in [0, 0.05) is 49.4 Å². The maximum atomic E-state index is 12.5. The number of carbonyl (C=O) groups excluding carboxylic acids is 1. The Morgan fingerprint density at radius 1 is 1.24 bits per heavy atom. The number of carbonyl (C=O) groups is 1. The lowest BCUT2D eigenvalue weighted by Crippen LogP contribution is -2.46. The monoisotopic (exact) mass is 501 g/mol. The molecule has 1 aliphatic rings. The van der Waals surface area contributed by atoms with Gasteiger partial charge in [-0.3, -0.25) is 9.78 Å². The Morgan fingerprint density at radius 3 is 2.70 bits per heavy atom. The molecule has 4 rings (SSSR count). The lowest BCUT2D eigenvalue weighted by molar-refractivity contribution is -0.127. The van der Waals surface area contributed by atoms with Crippen molar-refractivity contribution in [2.75, 3.05) is 45.7 Å². The molecule has 170 valence electrons. The van der Waals surface area contributed by atoms with E-state index in [1.165, 1.54) is 24.6 Å². The fraction of sp³-hybridized carbons (Fsp3) is 0.261. The number of anilines is 2. The van der Waals surface area contributed by atoms with Gasteiger partial charge in [-0.1, -0.05) is 23.2 Å². The highest BCUT2D eigenvalue weighted by molar-refractivity contribution is 7.20. The van der Waals surface area contributed by atoms with Crippen molar-refractivity contribution in [1.82, 2.24) is 14.8 Å². The van der Waals surface area contributed by atoms with E-state index in [0.717, 1.165) is 35.8 Å². The highest BCUT2D eigenvalue weighted by Crippen LogP contribution is 2.40. The van der Waals surface area contributed by atoms with E-state index in [2.05, 4.69) is 28.3 Å². The normalized spacial score (nSPS) is 14.6. The molecule has 1 N–H and O–H groups in total. The van der Waals surface area contributed by atoms with E-state index in [0.29, 0.717) is 38.2 Å². The second kappa shape index (κ2) is 9.98. The van der Waals surface area contributed by atoms with Gasteiger partial charge in [0.05, 0.1) is 44.3 Å². The Bertz CT molecular complexity index is 1280. The average Bonchev–Trinajstić information content (AvgIpc) is 3.23. The molecule has 1 aliphatic heterocycles. The number of benzene rings is 1. The van der Waals surface area contributed by atoms with Gasteiger partial charge in [-0.25, -0.2) is 0 Å². The number of nitriles is 1. The van der Waals surface area contributed by atoms with Gasteiger partial charge in [-0.05, 0) is 25.3 Å². The quantitative estimate of drug-likeness (QED) is 0.494. The number of aromatic nitrogens is 1. The molecule has 2 aromatic heterocycles. The molecule has 0 bridgehead atoms. The second-order valence-corrected chi connectivity index (χ2v) is 9.47. The minimum Gasteiger partial charge on any atom is -0.495 e. The van der Waals surface area contributed by atoms with Crippen LogP contribution in [0.3, 0.4) is 0 Å². The van der Waals surface area contributed by atoms with Crippen LogP contribution in [-0.2, 0) is 4.79 Å². The molecule has 1 saturated heterocycles. The summed E-state index contributed by atoms with van der Waals surface area (Å²) in [6.07, 6.45) is 4.90. The molecule has 3 aromatic rings. The second-order valence-electron chi connectivity index (χ2n) is 7.58. The number of pyridine rings is 1. The third-order valence-corrected chi connectivity index (χ3v) is 7.10. The van der Waals surface area contributed by atoms with Crippen LogP contribution in [0.4, 0.5) is 11.4 Å². The smallest absolute Gasteiger partial charge is 0.246 e. The number of hydrogen-bond donors (Lipinski definition) is 1. The summed E-state index contributed by atoms with van der Waals surface area (Å²) in [5, 5.41) is 13.7. The van der Waals surface area contributed by atoms with E-state index in [4.69, 9.17) is 27.9 Å². The number of rotatable bonds is 5. The molecule has 0 spiro atoms. The molecule has 0 saturated carbocycles. The summed E-state index contributed by atoms with van der Waals surface area (Å²) in [7, 11) is 3.57. The van der Waals surface area contributed by atoms with Gasteiger partial charge >= 0.3 is 0 Å². The van der Waals surface area contributed by atoms with Gasteiger partial charge in [0.2, 0.25) is 5.91 Å². The van der Waals surface area contributed by atoms with Crippen LogP contribution in [0.25, 0.3) is 16.3 Å². The van der Waals surface area contributed by atoms with E-state index in [1.54, 1.807) is 24.3 Å². The number of halogens is 2. The van der Waals surface area contributed by atoms with Crippen LogP contribution in [0.15, 0.2) is 30.5 Å². The summed E-state index contributed by atoms with van der Waals surface area (Å²) in [6.45, 7) is 3.18. The zero-order valence-electron chi connectivity index (χ0n) is 18.1. The van der Waals surface area contributed by atoms with Crippen LogP contribution >= 0.6 is 34.5 Å². The first-order valence-corrected chi connectivity index (χ1v) is 11.7. The van der Waals surface area contributed by atoms with Crippen molar-refractivity contribution in [3.63, 3.8) is 0 Å². The number of likely N-dealkylation sites (N-methyl/N-ethyl adjacent to an activating group) is 1. The number of thiophene rings is 1. The molecule has 1 fully saturated rings. The van der Waals surface area contributed by atoms with Gasteiger partial charge in [-0.2, -0.15) is 5.26 Å². The van der Waals surface area contributed by atoms with Crippen molar-refractivity contribution in [2.24, 2.45) is 0 Å². The molecule has 1 aromatic carbocycles. The van der Waals surface area contributed by atoms with E-state index in [1.807, 2.05) is 11.0 Å². The Balaban J connectivity index is 1.64. The summed E-state index contributed by atoms with van der Waals surface area (Å²) in [4.78, 5) is 21.9. The zero-order valence-corrected chi connectivity index (χ0v) is 20.4. The van der Waals surface area contributed by atoms with Gasteiger partial charge in [-0.15, -0.1) is 11.3 Å². The van der Waals surface area contributed by atoms with Crippen molar-refractivity contribution in [3.05, 3.63) is 51.0 Å². The highest BCUT2D eigenvalue weighted by Gasteiger charge is 2.18. The Hall–Kier alpha value is -2.83. The zero-order chi connectivity index (χ0) is 23.5. The van der Waals surface area contributed by atoms with Crippen LogP contribution in [-0.4, -0.2) is 61.0 Å². The van der Waals surface area contributed by atoms with Crippen LogP contribution in [0, 0.1) is 11.3 Å². The van der Waals surface area contributed by atoms with Crippen LogP contribution in [0.2, 0.25) is 10.0 Å². The molecule has 0 radical (unpaired) electrons. The number of nitrogens with one attached hydrogen (secondary N) is 1. The minimum absolute atomic E-state index is 0.00961. The molecule has 33 heavy (non-hydrogen) atoms. The van der Waals surface area contributed by atoms with E-state index in [9.17, 15) is 10.1 Å². The van der Waals surface area contributed by atoms with Gasteiger partial charge in [0.1, 0.15) is 11.8 Å². The molecule has 1 amide bonds. The number of fused-ring (bicyclic) bond motifs is 1. The van der Waals surface area contributed by atoms with Crippen LogP contribution < -0.4 is 10.1 Å². The topological polar surface area (TPSA) is 81.5 Å². The number of piperazine rings is 1. The maximum Gasteiger partial charge on any atom is 0.246 e. The van der Waals surface area contributed by atoms with Crippen molar-refractivity contribution in [3.8, 4) is 11.8 Å². The van der Waals surface area contributed by atoms with Crippen LogP contribution in [0.5, 0.6) is 5.75 Å². The Kier molecular flexibility index (Phi) is 7.05. The SMILES string of the molecule is COc1cc(Nc2c(C#N)cnc3cc(C=CC(=O)N4CCN(C)CC4)sc23)c(Cl)cc1Cl. The molecule has 3 heterocycles. The molecular formula is C23H21Cl2N5O2S. The predicted octanol–water partition coefficient (Wildman–Crippen LogP) is 5.01. The third-order valence-electron chi connectivity index (χ3n) is 5.39. The fourth-order valence-electron chi connectivity index (χ4n) is 3.49. The number of ether oxygens (including phenoxy) is 1. The molecule has 0 atom stereocenters. The fourth-order valence-corrected chi connectivity index (χ4v) is 5.02. The molecular weight excluding hydrogens is 481 g/mol. The summed E-state index contributed by atoms with van der Waals surface area (Å²) >= 11 is 14.0. The van der Waals surface area contributed by atoms with Crippen molar-refractivity contribution >= 4 is 68.1 Å². The molecule has 10 heteroatoms. The van der Waals surface area contributed by atoms with Crippen molar-refractivity contribution in [2.45, 2.75) is 0 Å². The Labute approximate surface area is 205 Å². The Morgan fingerprint density at radius 2 is 2.00 bits per heavy atom. The van der Waals surface area contributed by atoms with Crippen molar-refractivity contribution in [1.29, 1.82) is 5.26 Å². The molecule has 7 nitrogen and oxygen atoms in total. The van der Waals surface area contributed by atoms with E-state index in [-0.39, 0.29) is 5.91 Å². The molecule has 0 aliphatic carbocycles. The average molecular weight is 502 g/mol. The first kappa shape index (κ1) is 23.3. The number of amides is 1. The lowest BCUT2D eigenvalue weighted by atomic mass is 10.2. The van der Waals surface area contributed by atoms with E-state index >= 15 is 0 Å². The van der Waals surface area contributed by atoms with Crippen LogP contribution in [0.1, 0.15) is 10.4 Å². The third kappa shape index (κ3) is 5.07. The maximum absolute atomic E-state index is 12.5. The lowest BCUT2D eigenvalue weighted by Gasteiger charge is -2.31. The first-order valence-electron chi connectivity index (χ1n) is 10.2. The summed E-state index contributed by atoms with van der Waals surface area (Å²) in [5.41, 5.74) is 2.23. The minimum atomic E-state index is -0.00961. The largest absolute Gasteiger partial charge is 0.495 e. The number of methoxy groups -OCH3 is 1. The van der Waals surface area contributed by atoms with Gasteiger partial charge in [0.15, 0.2) is 0 Å². The highest BCUT2D eigenvalue weighted by atomic mass is 35.5. The number of nitrogens with zero attached hydrogens (tertiary/aromatic N) is 4. The van der Waals surface area contributed by atoms with Crippen molar-refractivity contribution < 1.29 is 9.53 Å². The summed E-state index contributed by atoms with van der Waals surface area (Å²) in [6, 6.07) is 7.33.